The lowest BCUT2D eigenvalue weighted by molar-refractivity contribution is 0.157. The van der Waals surface area contributed by atoms with E-state index in [-0.39, 0.29) is 12.1 Å². The topological polar surface area (TPSA) is 67.6 Å². The van der Waals surface area contributed by atoms with E-state index in [4.69, 9.17) is 9.15 Å². The average Bonchev–Trinajstić information content (AvgIpc) is 3.18. The fourth-order valence-electron chi connectivity index (χ4n) is 2.89. The van der Waals surface area contributed by atoms with Crippen LogP contribution in [0.5, 0.6) is 0 Å². The van der Waals surface area contributed by atoms with E-state index in [1.807, 2.05) is 36.1 Å². The molecule has 0 aromatic carbocycles. The van der Waals surface area contributed by atoms with E-state index >= 15 is 0 Å². The summed E-state index contributed by atoms with van der Waals surface area (Å²) in [6.07, 6.45) is 3.53. The normalized spacial score (nSPS) is 17.5. The number of methoxy groups -OCH3 is 1. The number of hydrogen-bond acceptors (Lipinski definition) is 4. The van der Waals surface area contributed by atoms with Gasteiger partial charge in [0.2, 0.25) is 0 Å². The first-order valence-electron chi connectivity index (χ1n) is 7.76. The largest absolute Gasteiger partial charge is 0.461 e. The Kier molecular flexibility index (Phi) is 4.62. The predicted molar refractivity (Wildman–Crippen MR) is 86.1 cm³/mol. The fourth-order valence-corrected chi connectivity index (χ4v) is 2.89. The van der Waals surface area contributed by atoms with E-state index < -0.39 is 0 Å². The number of aromatic nitrogens is 1. The van der Waals surface area contributed by atoms with Gasteiger partial charge in [-0.3, -0.25) is 5.32 Å². The Morgan fingerprint density at radius 3 is 3.13 bits per heavy atom. The van der Waals surface area contributed by atoms with Gasteiger partial charge < -0.3 is 14.1 Å². The molecule has 0 saturated carbocycles. The van der Waals surface area contributed by atoms with Gasteiger partial charge in [0.25, 0.3) is 0 Å². The van der Waals surface area contributed by atoms with Crippen LogP contribution >= 0.6 is 0 Å². The Labute approximate surface area is 135 Å². The third kappa shape index (κ3) is 3.37. The van der Waals surface area contributed by atoms with Crippen molar-refractivity contribution < 1.29 is 13.9 Å². The smallest absolute Gasteiger partial charge is 0.323 e. The number of amides is 2. The van der Waals surface area contributed by atoms with Gasteiger partial charge in [0.1, 0.15) is 23.9 Å². The molecule has 3 heterocycles. The fraction of sp³-hybridized carbons (Fsp3) is 0.412. The van der Waals surface area contributed by atoms with E-state index in [1.54, 1.807) is 13.3 Å². The zero-order chi connectivity index (χ0) is 16.2. The lowest BCUT2D eigenvalue weighted by Crippen LogP contribution is -2.34. The number of likely N-dealkylation sites (tertiary alicyclic amines) is 1. The van der Waals surface area contributed by atoms with Crippen molar-refractivity contribution in [2.75, 3.05) is 19.0 Å². The molecule has 0 unspecified atom stereocenters. The summed E-state index contributed by atoms with van der Waals surface area (Å²) in [5.41, 5.74) is 0.942. The Balaban J connectivity index is 1.73. The number of pyridine rings is 1. The first-order valence-corrected chi connectivity index (χ1v) is 7.76. The number of carbonyl (C=O) groups is 1. The molecule has 6 nitrogen and oxygen atoms in total. The molecule has 2 aromatic rings. The summed E-state index contributed by atoms with van der Waals surface area (Å²) in [6.45, 7) is 3.07. The molecule has 3 rings (SSSR count). The molecule has 0 radical (unpaired) electrons. The van der Waals surface area contributed by atoms with Crippen LogP contribution in [-0.4, -0.2) is 29.6 Å². The van der Waals surface area contributed by atoms with Crippen molar-refractivity contribution in [1.29, 1.82) is 0 Å². The molecule has 6 heteroatoms. The monoisotopic (exact) mass is 315 g/mol. The van der Waals surface area contributed by atoms with Crippen LogP contribution in [0.1, 0.15) is 36.0 Å². The number of aryl methyl sites for hydroxylation is 1. The highest BCUT2D eigenvalue weighted by atomic mass is 16.5. The van der Waals surface area contributed by atoms with Gasteiger partial charge in [-0.05, 0) is 43.5 Å². The Morgan fingerprint density at radius 1 is 1.48 bits per heavy atom. The van der Waals surface area contributed by atoms with Crippen LogP contribution in [0.3, 0.4) is 0 Å². The van der Waals surface area contributed by atoms with E-state index in [0.717, 1.165) is 29.9 Å². The molecule has 1 saturated heterocycles. The van der Waals surface area contributed by atoms with Crippen LogP contribution in [0.25, 0.3) is 0 Å². The van der Waals surface area contributed by atoms with Crippen molar-refractivity contribution in [2.45, 2.75) is 32.4 Å². The van der Waals surface area contributed by atoms with Crippen molar-refractivity contribution in [3.8, 4) is 0 Å². The third-order valence-electron chi connectivity index (χ3n) is 4.05. The van der Waals surface area contributed by atoms with Crippen LogP contribution in [0.4, 0.5) is 10.6 Å². The van der Waals surface area contributed by atoms with E-state index in [9.17, 15) is 4.79 Å². The molecule has 1 fully saturated rings. The molecule has 23 heavy (non-hydrogen) atoms. The molecule has 2 aromatic heterocycles. The van der Waals surface area contributed by atoms with E-state index in [2.05, 4.69) is 10.3 Å². The first kappa shape index (κ1) is 15.6. The number of anilines is 1. The number of urea groups is 1. The number of furan rings is 1. The molecule has 1 atom stereocenters. The summed E-state index contributed by atoms with van der Waals surface area (Å²) in [7, 11) is 1.63. The lowest BCUT2D eigenvalue weighted by Gasteiger charge is -2.23. The van der Waals surface area contributed by atoms with Gasteiger partial charge in [-0.25, -0.2) is 9.78 Å². The maximum atomic E-state index is 12.6. The van der Waals surface area contributed by atoms with Crippen LogP contribution in [-0.2, 0) is 11.3 Å². The van der Waals surface area contributed by atoms with Gasteiger partial charge in [0.15, 0.2) is 0 Å². The van der Waals surface area contributed by atoms with Gasteiger partial charge in [-0.15, -0.1) is 0 Å². The summed E-state index contributed by atoms with van der Waals surface area (Å²) >= 11 is 0. The molecule has 0 aliphatic carbocycles. The summed E-state index contributed by atoms with van der Waals surface area (Å²) in [5, 5.41) is 2.89. The van der Waals surface area contributed by atoms with Gasteiger partial charge in [0.05, 0.1) is 6.04 Å². The lowest BCUT2D eigenvalue weighted by atomic mass is 10.2. The van der Waals surface area contributed by atoms with Crippen molar-refractivity contribution in [3.63, 3.8) is 0 Å². The summed E-state index contributed by atoms with van der Waals surface area (Å²) in [4.78, 5) is 18.6. The number of rotatable bonds is 4. The summed E-state index contributed by atoms with van der Waals surface area (Å²) < 4.78 is 10.9. The highest BCUT2D eigenvalue weighted by molar-refractivity contribution is 5.89. The molecular formula is C17H21N3O3. The predicted octanol–water partition coefficient (Wildman–Crippen LogP) is 3.50. The van der Waals surface area contributed by atoms with Crippen molar-refractivity contribution in [1.82, 2.24) is 9.88 Å². The maximum absolute atomic E-state index is 12.6. The Bertz CT molecular complexity index is 683. The standard InChI is InChI=1S/C17H21N3O3/c1-12-5-3-9-18-16(12)19-17(21)20-10-4-6-14(20)15-8-7-13(23-15)11-22-2/h3,5,7-9,14H,4,6,10-11H2,1-2H3,(H,18,19,21)/t14-/m1/s1. The SMILES string of the molecule is COCc1ccc([C@H]2CCCN2C(=O)Nc2ncccc2C)o1. The maximum Gasteiger partial charge on any atom is 0.323 e. The number of nitrogens with one attached hydrogen (secondary N) is 1. The van der Waals surface area contributed by atoms with Crippen molar-refractivity contribution in [3.05, 3.63) is 47.5 Å². The molecule has 1 aliphatic heterocycles. The second kappa shape index (κ2) is 6.83. The van der Waals surface area contributed by atoms with Crippen LogP contribution < -0.4 is 5.32 Å². The van der Waals surface area contributed by atoms with Gasteiger partial charge >= 0.3 is 6.03 Å². The van der Waals surface area contributed by atoms with Crippen molar-refractivity contribution in [2.24, 2.45) is 0 Å². The van der Waals surface area contributed by atoms with Gasteiger partial charge in [0, 0.05) is 19.9 Å². The third-order valence-corrected chi connectivity index (χ3v) is 4.05. The molecule has 1 aliphatic rings. The highest BCUT2D eigenvalue weighted by Gasteiger charge is 2.32. The Hall–Kier alpha value is -2.34. The number of carbonyl (C=O) groups excluding carboxylic acids is 1. The van der Waals surface area contributed by atoms with Crippen molar-refractivity contribution >= 4 is 11.8 Å². The minimum atomic E-state index is -0.140. The van der Waals surface area contributed by atoms with Gasteiger partial charge in [-0.2, -0.15) is 0 Å². The first-order chi connectivity index (χ1) is 11.2. The minimum Gasteiger partial charge on any atom is -0.461 e. The zero-order valence-electron chi connectivity index (χ0n) is 13.4. The zero-order valence-corrected chi connectivity index (χ0v) is 13.4. The van der Waals surface area contributed by atoms with Crippen LogP contribution in [0, 0.1) is 6.92 Å². The molecule has 122 valence electrons. The molecular weight excluding hydrogens is 294 g/mol. The Morgan fingerprint density at radius 2 is 2.35 bits per heavy atom. The summed E-state index contributed by atoms with van der Waals surface area (Å²) in [6, 6.07) is 7.42. The second-order valence-corrected chi connectivity index (χ2v) is 5.69. The molecule has 2 amide bonds. The minimum absolute atomic E-state index is 0.0374. The van der Waals surface area contributed by atoms with Gasteiger partial charge in [-0.1, -0.05) is 6.07 Å². The molecule has 0 bridgehead atoms. The van der Waals surface area contributed by atoms with E-state index in [0.29, 0.717) is 19.0 Å². The highest BCUT2D eigenvalue weighted by Crippen LogP contribution is 2.33. The number of hydrogen-bond donors (Lipinski definition) is 1. The number of nitrogens with zero attached hydrogens (tertiary/aromatic N) is 2. The molecule has 0 spiro atoms. The number of ether oxygens (including phenoxy) is 1. The van der Waals surface area contributed by atoms with E-state index in [1.165, 1.54) is 0 Å². The van der Waals surface area contributed by atoms with Crippen LogP contribution in [0.2, 0.25) is 0 Å². The second-order valence-electron chi connectivity index (χ2n) is 5.69. The molecule has 1 N–H and O–H groups in total. The van der Waals surface area contributed by atoms with Crippen LogP contribution in [0.15, 0.2) is 34.9 Å². The average molecular weight is 315 g/mol. The summed E-state index contributed by atoms with van der Waals surface area (Å²) in [5.74, 6) is 2.18. The quantitative estimate of drug-likeness (QED) is 0.937.